The molecule has 1 N–H and O–H groups in total. The lowest BCUT2D eigenvalue weighted by Crippen LogP contribution is -2.47. The molecule has 1 amide bonds. The first-order chi connectivity index (χ1) is 13.7. The number of piperazine rings is 1. The van der Waals surface area contributed by atoms with Gasteiger partial charge in [-0.05, 0) is 38.2 Å². The minimum atomic E-state index is -3.67. The maximum absolute atomic E-state index is 12.9. The fourth-order valence-corrected chi connectivity index (χ4v) is 4.65. The highest BCUT2D eigenvalue weighted by atomic mass is 32.2. The number of rotatable bonds is 5. The quantitative estimate of drug-likeness (QED) is 0.588. The first-order valence-corrected chi connectivity index (χ1v) is 10.5. The van der Waals surface area contributed by atoms with Gasteiger partial charge in [0.15, 0.2) is 0 Å². The predicted molar refractivity (Wildman–Crippen MR) is 108 cm³/mol. The van der Waals surface area contributed by atoms with Gasteiger partial charge in [-0.15, -0.1) is 0 Å². The molecule has 1 fully saturated rings. The van der Waals surface area contributed by atoms with E-state index >= 15 is 0 Å². The number of nitrogens with one attached hydrogen (secondary N) is 1. The summed E-state index contributed by atoms with van der Waals surface area (Å²) < 4.78 is 27.2. The lowest BCUT2D eigenvalue weighted by molar-refractivity contribution is -0.385. The van der Waals surface area contributed by atoms with E-state index in [4.69, 9.17) is 0 Å². The van der Waals surface area contributed by atoms with Crippen LogP contribution in [0.4, 0.5) is 11.4 Å². The molecule has 0 aromatic heterocycles. The fourth-order valence-electron chi connectivity index (χ4n) is 3.18. The van der Waals surface area contributed by atoms with Gasteiger partial charge < -0.3 is 10.2 Å². The number of amides is 1. The summed E-state index contributed by atoms with van der Waals surface area (Å²) in [5, 5.41) is 13.7. The minimum absolute atomic E-state index is 0.0932. The molecule has 2 aromatic carbocycles. The SMILES string of the molecule is Cc1c(C(=O)Nc2cccc(S(=O)(=O)N3CCN(C)CC3)c2)cccc1[N+](=O)[O-]. The summed E-state index contributed by atoms with van der Waals surface area (Å²) in [5.41, 5.74) is 0.558. The van der Waals surface area contributed by atoms with Crippen molar-refractivity contribution in [1.29, 1.82) is 0 Å². The van der Waals surface area contributed by atoms with Crippen LogP contribution in [0.1, 0.15) is 15.9 Å². The number of carbonyl (C=O) groups is 1. The second-order valence-corrected chi connectivity index (χ2v) is 8.83. The van der Waals surface area contributed by atoms with Gasteiger partial charge >= 0.3 is 0 Å². The number of carbonyl (C=O) groups excluding carboxylic acids is 1. The van der Waals surface area contributed by atoms with E-state index < -0.39 is 20.9 Å². The molecule has 0 unspecified atom stereocenters. The van der Waals surface area contributed by atoms with Gasteiger partial charge in [-0.2, -0.15) is 4.31 Å². The van der Waals surface area contributed by atoms with Crippen LogP contribution in [0.5, 0.6) is 0 Å². The molecule has 1 saturated heterocycles. The van der Waals surface area contributed by atoms with Crippen LogP contribution in [-0.2, 0) is 10.0 Å². The second kappa shape index (κ2) is 8.27. The van der Waals surface area contributed by atoms with Gasteiger partial charge in [0.2, 0.25) is 10.0 Å². The number of sulfonamides is 1. The molecular weight excluding hydrogens is 396 g/mol. The van der Waals surface area contributed by atoms with Crippen molar-refractivity contribution in [2.75, 3.05) is 38.5 Å². The van der Waals surface area contributed by atoms with Crippen molar-refractivity contribution < 1.29 is 18.1 Å². The van der Waals surface area contributed by atoms with Gasteiger partial charge in [0, 0.05) is 49.1 Å². The second-order valence-electron chi connectivity index (χ2n) is 6.90. The van der Waals surface area contributed by atoms with Gasteiger partial charge in [-0.1, -0.05) is 12.1 Å². The van der Waals surface area contributed by atoms with E-state index in [-0.39, 0.29) is 21.7 Å². The van der Waals surface area contributed by atoms with E-state index in [1.165, 1.54) is 41.6 Å². The van der Waals surface area contributed by atoms with Crippen LogP contribution in [-0.4, -0.2) is 61.7 Å². The van der Waals surface area contributed by atoms with Crippen molar-refractivity contribution in [3.63, 3.8) is 0 Å². The van der Waals surface area contributed by atoms with E-state index in [9.17, 15) is 23.3 Å². The molecule has 0 aliphatic carbocycles. The summed E-state index contributed by atoms with van der Waals surface area (Å²) in [6.45, 7) is 3.62. The smallest absolute Gasteiger partial charge is 0.273 e. The fraction of sp³-hybridized carbons (Fsp3) is 0.316. The van der Waals surface area contributed by atoms with E-state index in [1.807, 2.05) is 7.05 Å². The highest BCUT2D eigenvalue weighted by Gasteiger charge is 2.27. The standard InChI is InChI=1S/C19H22N4O5S/c1-14-17(7-4-8-18(14)23(25)26)19(24)20-15-5-3-6-16(13-15)29(27,28)22-11-9-21(2)10-12-22/h3-8,13H,9-12H2,1-2H3,(H,20,24). The molecule has 2 aromatic rings. The average Bonchev–Trinajstić information content (AvgIpc) is 2.68. The largest absolute Gasteiger partial charge is 0.322 e. The first kappa shape index (κ1) is 20.9. The molecule has 154 valence electrons. The first-order valence-electron chi connectivity index (χ1n) is 9.04. The molecule has 1 aliphatic heterocycles. The zero-order valence-corrected chi connectivity index (χ0v) is 17.0. The van der Waals surface area contributed by atoms with Crippen molar-refractivity contribution in [3.05, 3.63) is 63.7 Å². The Labute approximate surface area is 169 Å². The van der Waals surface area contributed by atoms with Crippen LogP contribution in [0, 0.1) is 17.0 Å². The van der Waals surface area contributed by atoms with E-state index in [2.05, 4.69) is 10.2 Å². The van der Waals surface area contributed by atoms with Crippen molar-refractivity contribution >= 4 is 27.3 Å². The monoisotopic (exact) mass is 418 g/mol. The summed E-state index contributed by atoms with van der Waals surface area (Å²) in [5.74, 6) is -0.541. The lowest BCUT2D eigenvalue weighted by atomic mass is 10.1. The minimum Gasteiger partial charge on any atom is -0.322 e. The highest BCUT2D eigenvalue weighted by molar-refractivity contribution is 7.89. The molecule has 0 bridgehead atoms. The van der Waals surface area contributed by atoms with E-state index in [0.29, 0.717) is 31.9 Å². The number of nitrogens with zero attached hydrogens (tertiary/aromatic N) is 3. The van der Waals surface area contributed by atoms with Gasteiger partial charge in [0.1, 0.15) is 0 Å². The van der Waals surface area contributed by atoms with E-state index in [1.54, 1.807) is 12.1 Å². The highest BCUT2D eigenvalue weighted by Crippen LogP contribution is 2.24. The summed E-state index contributed by atoms with van der Waals surface area (Å²) in [4.78, 5) is 25.3. The summed E-state index contributed by atoms with van der Waals surface area (Å²) >= 11 is 0. The van der Waals surface area contributed by atoms with Gasteiger partial charge in [0.25, 0.3) is 11.6 Å². The van der Waals surface area contributed by atoms with Crippen molar-refractivity contribution in [3.8, 4) is 0 Å². The Hall–Kier alpha value is -2.82. The number of benzene rings is 2. The number of anilines is 1. The molecule has 9 nitrogen and oxygen atoms in total. The van der Waals surface area contributed by atoms with Crippen LogP contribution in [0.25, 0.3) is 0 Å². The maximum atomic E-state index is 12.9. The number of nitro groups is 1. The summed E-state index contributed by atoms with van der Waals surface area (Å²) in [7, 11) is -1.73. The molecule has 0 spiro atoms. The molecule has 0 atom stereocenters. The molecule has 0 radical (unpaired) electrons. The molecule has 29 heavy (non-hydrogen) atoms. The Balaban J connectivity index is 1.83. The predicted octanol–water partition coefficient (Wildman–Crippen LogP) is 2.09. The molecule has 0 saturated carbocycles. The molecular formula is C19H22N4O5S. The molecule has 3 rings (SSSR count). The maximum Gasteiger partial charge on any atom is 0.273 e. The third-order valence-electron chi connectivity index (χ3n) is 4.94. The van der Waals surface area contributed by atoms with Crippen molar-refractivity contribution in [2.24, 2.45) is 0 Å². The Morgan fingerprint density at radius 2 is 1.76 bits per heavy atom. The topological polar surface area (TPSA) is 113 Å². The molecule has 1 aliphatic rings. The van der Waals surface area contributed by atoms with Crippen LogP contribution in [0.15, 0.2) is 47.4 Å². The Kier molecular flexibility index (Phi) is 5.96. The molecule has 10 heteroatoms. The van der Waals surface area contributed by atoms with Gasteiger partial charge in [0.05, 0.1) is 9.82 Å². The van der Waals surface area contributed by atoms with Crippen molar-refractivity contribution in [1.82, 2.24) is 9.21 Å². The zero-order valence-electron chi connectivity index (χ0n) is 16.2. The molecule has 1 heterocycles. The van der Waals surface area contributed by atoms with Gasteiger partial charge in [-0.3, -0.25) is 14.9 Å². The van der Waals surface area contributed by atoms with Gasteiger partial charge in [-0.25, -0.2) is 8.42 Å². The number of hydrogen-bond acceptors (Lipinski definition) is 6. The van der Waals surface area contributed by atoms with Crippen molar-refractivity contribution in [2.45, 2.75) is 11.8 Å². The summed E-state index contributed by atoms with van der Waals surface area (Å²) in [6, 6.07) is 10.3. The number of likely N-dealkylation sites (N-methyl/N-ethyl adjacent to an activating group) is 1. The average molecular weight is 418 g/mol. The Morgan fingerprint density at radius 1 is 1.10 bits per heavy atom. The number of hydrogen-bond donors (Lipinski definition) is 1. The summed E-state index contributed by atoms with van der Waals surface area (Å²) in [6.07, 6.45) is 0. The lowest BCUT2D eigenvalue weighted by Gasteiger charge is -2.31. The van der Waals surface area contributed by atoms with Crippen LogP contribution in [0.2, 0.25) is 0 Å². The third kappa shape index (κ3) is 4.44. The Bertz CT molecular complexity index is 1050. The Morgan fingerprint density at radius 3 is 2.41 bits per heavy atom. The van der Waals surface area contributed by atoms with E-state index in [0.717, 1.165) is 0 Å². The zero-order chi connectivity index (χ0) is 21.2. The number of nitro benzene ring substituents is 1. The normalized spacial score (nSPS) is 15.8. The third-order valence-corrected chi connectivity index (χ3v) is 6.83. The van der Waals surface area contributed by atoms with Crippen LogP contribution >= 0.6 is 0 Å². The van der Waals surface area contributed by atoms with Crippen LogP contribution in [0.3, 0.4) is 0 Å². The van der Waals surface area contributed by atoms with Crippen LogP contribution < -0.4 is 5.32 Å².